The van der Waals surface area contributed by atoms with Gasteiger partial charge in [-0.3, -0.25) is 4.79 Å². The molecule has 7 nitrogen and oxygen atoms in total. The fourth-order valence-electron chi connectivity index (χ4n) is 3.23. The van der Waals surface area contributed by atoms with Crippen molar-refractivity contribution in [1.29, 1.82) is 0 Å². The minimum Gasteiger partial charge on any atom is -0.480 e. The first kappa shape index (κ1) is 19.4. The van der Waals surface area contributed by atoms with Crippen LogP contribution in [0.15, 0.2) is 54.6 Å². The Morgan fingerprint density at radius 3 is 2.39 bits per heavy atom. The summed E-state index contributed by atoms with van der Waals surface area (Å²) >= 11 is 0. The van der Waals surface area contributed by atoms with E-state index in [9.17, 15) is 19.5 Å². The van der Waals surface area contributed by atoms with E-state index in [4.69, 9.17) is 0 Å². The predicted octanol–water partition coefficient (Wildman–Crippen LogP) is 1.57. The Hall–Kier alpha value is -3.35. The lowest BCUT2D eigenvalue weighted by atomic mass is 10.0. The zero-order valence-electron chi connectivity index (χ0n) is 15.4. The second kappa shape index (κ2) is 9.03. The van der Waals surface area contributed by atoms with Gasteiger partial charge in [-0.25, -0.2) is 9.59 Å². The monoisotopic (exact) mass is 381 g/mol. The molecule has 0 saturated heterocycles. The van der Waals surface area contributed by atoms with Gasteiger partial charge in [-0.1, -0.05) is 54.6 Å². The molecule has 0 aromatic heterocycles. The van der Waals surface area contributed by atoms with Gasteiger partial charge in [-0.05, 0) is 23.1 Å². The summed E-state index contributed by atoms with van der Waals surface area (Å²) in [5.41, 5.74) is 3.14. The average Bonchev–Trinajstić information content (AvgIpc) is 2.72. The van der Waals surface area contributed by atoms with Crippen molar-refractivity contribution in [2.75, 3.05) is 13.1 Å². The van der Waals surface area contributed by atoms with Crippen LogP contribution in [0.3, 0.4) is 0 Å². The molecular formula is C21H23N3O4. The van der Waals surface area contributed by atoms with E-state index in [1.54, 1.807) is 17.0 Å². The molecule has 3 rings (SSSR count). The number of benzene rings is 2. The molecule has 3 amide bonds. The lowest BCUT2D eigenvalue weighted by molar-refractivity contribution is -0.141. The number of rotatable bonds is 6. The summed E-state index contributed by atoms with van der Waals surface area (Å²) < 4.78 is 0. The highest BCUT2D eigenvalue weighted by Gasteiger charge is 2.23. The zero-order valence-corrected chi connectivity index (χ0v) is 15.4. The normalized spacial score (nSPS) is 13.9. The van der Waals surface area contributed by atoms with Crippen LogP contribution < -0.4 is 10.6 Å². The number of urea groups is 1. The molecule has 2 aromatic carbocycles. The van der Waals surface area contributed by atoms with E-state index in [-0.39, 0.29) is 19.0 Å². The first-order valence-electron chi connectivity index (χ1n) is 9.18. The van der Waals surface area contributed by atoms with Crippen LogP contribution in [0.1, 0.15) is 16.7 Å². The van der Waals surface area contributed by atoms with E-state index in [1.165, 1.54) is 5.56 Å². The van der Waals surface area contributed by atoms with Crippen molar-refractivity contribution >= 4 is 17.9 Å². The van der Waals surface area contributed by atoms with Crippen LogP contribution in [-0.4, -0.2) is 47.0 Å². The highest BCUT2D eigenvalue weighted by atomic mass is 16.4. The number of hydrogen-bond acceptors (Lipinski definition) is 3. The van der Waals surface area contributed by atoms with Crippen molar-refractivity contribution in [2.24, 2.45) is 0 Å². The molecule has 0 spiro atoms. The van der Waals surface area contributed by atoms with Crippen molar-refractivity contribution in [3.05, 3.63) is 71.3 Å². The molecule has 28 heavy (non-hydrogen) atoms. The van der Waals surface area contributed by atoms with Crippen LogP contribution in [0.2, 0.25) is 0 Å². The van der Waals surface area contributed by atoms with E-state index in [0.29, 0.717) is 13.1 Å². The average molecular weight is 381 g/mol. The number of carboxylic acids is 1. The number of fused-ring (bicyclic) bond motifs is 1. The number of carbonyl (C=O) groups is 3. The molecule has 2 aromatic rings. The maximum Gasteiger partial charge on any atom is 0.326 e. The van der Waals surface area contributed by atoms with Crippen LogP contribution in [0.25, 0.3) is 0 Å². The van der Waals surface area contributed by atoms with Crippen LogP contribution in [0.5, 0.6) is 0 Å². The predicted molar refractivity (Wildman–Crippen MR) is 104 cm³/mol. The highest BCUT2D eigenvalue weighted by Crippen LogP contribution is 2.18. The Morgan fingerprint density at radius 1 is 1.00 bits per heavy atom. The Bertz CT molecular complexity index is 854. The van der Waals surface area contributed by atoms with E-state index in [2.05, 4.69) is 16.7 Å². The van der Waals surface area contributed by atoms with Crippen molar-refractivity contribution in [1.82, 2.24) is 15.5 Å². The van der Waals surface area contributed by atoms with E-state index >= 15 is 0 Å². The van der Waals surface area contributed by atoms with Crippen molar-refractivity contribution in [3.8, 4) is 0 Å². The first-order chi connectivity index (χ1) is 13.5. The maximum atomic E-state index is 12.3. The van der Waals surface area contributed by atoms with Crippen LogP contribution in [0, 0.1) is 0 Å². The second-order valence-corrected chi connectivity index (χ2v) is 6.75. The molecule has 1 aliphatic heterocycles. The standard InChI is InChI=1S/C21H23N3O4/c25-19(23-18(20(26)27)12-15-6-2-1-3-7-15)13-22-21(28)24-11-10-16-8-4-5-9-17(16)14-24/h1-9,18H,10-14H2,(H,22,28)(H,23,25)(H,26,27)/t18-/m0/s1. The minimum atomic E-state index is -1.11. The summed E-state index contributed by atoms with van der Waals surface area (Å²) in [5, 5.41) is 14.4. The lowest BCUT2D eigenvalue weighted by Crippen LogP contribution is -2.49. The van der Waals surface area contributed by atoms with Gasteiger partial charge < -0.3 is 20.6 Å². The Kier molecular flexibility index (Phi) is 6.26. The van der Waals surface area contributed by atoms with E-state index in [1.807, 2.05) is 36.4 Å². The second-order valence-electron chi connectivity index (χ2n) is 6.75. The molecule has 7 heteroatoms. The summed E-state index contributed by atoms with van der Waals surface area (Å²) in [5.74, 6) is -1.65. The van der Waals surface area contributed by atoms with Gasteiger partial charge in [-0.2, -0.15) is 0 Å². The fraction of sp³-hybridized carbons (Fsp3) is 0.286. The largest absolute Gasteiger partial charge is 0.480 e. The maximum absolute atomic E-state index is 12.3. The lowest BCUT2D eigenvalue weighted by Gasteiger charge is -2.28. The first-order valence-corrected chi connectivity index (χ1v) is 9.18. The molecule has 1 atom stereocenters. The van der Waals surface area contributed by atoms with Crippen LogP contribution in [0.4, 0.5) is 4.79 Å². The molecular weight excluding hydrogens is 358 g/mol. The van der Waals surface area contributed by atoms with Crippen LogP contribution >= 0.6 is 0 Å². The topological polar surface area (TPSA) is 98.7 Å². The molecule has 0 unspecified atom stereocenters. The summed E-state index contributed by atoms with van der Waals surface area (Å²) in [6.07, 6.45) is 0.951. The van der Waals surface area contributed by atoms with Crippen molar-refractivity contribution in [3.63, 3.8) is 0 Å². The Labute approximate surface area is 163 Å². The number of carbonyl (C=O) groups excluding carboxylic acids is 2. The van der Waals surface area contributed by atoms with Gasteiger partial charge in [-0.15, -0.1) is 0 Å². The Balaban J connectivity index is 1.49. The van der Waals surface area contributed by atoms with Gasteiger partial charge in [0.25, 0.3) is 0 Å². The molecule has 0 bridgehead atoms. The number of nitrogens with zero attached hydrogens (tertiary/aromatic N) is 1. The smallest absolute Gasteiger partial charge is 0.326 e. The quantitative estimate of drug-likeness (QED) is 0.707. The molecule has 0 aliphatic carbocycles. The molecule has 3 N–H and O–H groups in total. The SMILES string of the molecule is O=C(CNC(=O)N1CCc2ccccc2C1)N[C@@H](Cc1ccccc1)C(=O)O. The van der Waals surface area contributed by atoms with Crippen LogP contribution in [-0.2, 0) is 29.0 Å². The summed E-state index contributed by atoms with van der Waals surface area (Å²) in [4.78, 5) is 37.5. The molecule has 0 fully saturated rings. The summed E-state index contributed by atoms with van der Waals surface area (Å²) in [7, 11) is 0. The summed E-state index contributed by atoms with van der Waals surface area (Å²) in [6, 6.07) is 15.6. The number of hydrogen-bond donors (Lipinski definition) is 3. The third-order valence-electron chi connectivity index (χ3n) is 4.73. The minimum absolute atomic E-state index is 0.179. The highest BCUT2D eigenvalue weighted by molar-refractivity contribution is 5.87. The summed E-state index contributed by atoms with van der Waals surface area (Å²) in [6.45, 7) is 0.807. The molecule has 1 heterocycles. The van der Waals surface area contributed by atoms with Gasteiger partial charge in [0.1, 0.15) is 6.04 Å². The third kappa shape index (κ3) is 5.09. The Morgan fingerprint density at radius 2 is 1.68 bits per heavy atom. The van der Waals surface area contributed by atoms with E-state index < -0.39 is 17.9 Å². The molecule has 146 valence electrons. The molecule has 1 aliphatic rings. The van der Waals surface area contributed by atoms with Gasteiger partial charge in [0.15, 0.2) is 0 Å². The number of aliphatic carboxylic acids is 1. The van der Waals surface area contributed by atoms with E-state index in [0.717, 1.165) is 17.5 Å². The van der Waals surface area contributed by atoms with Gasteiger partial charge in [0.2, 0.25) is 5.91 Å². The van der Waals surface area contributed by atoms with Gasteiger partial charge >= 0.3 is 12.0 Å². The molecule has 0 radical (unpaired) electrons. The third-order valence-corrected chi connectivity index (χ3v) is 4.73. The number of nitrogens with one attached hydrogen (secondary N) is 2. The van der Waals surface area contributed by atoms with Crippen molar-refractivity contribution in [2.45, 2.75) is 25.4 Å². The van der Waals surface area contributed by atoms with Gasteiger partial charge in [0.05, 0.1) is 6.54 Å². The molecule has 0 saturated carbocycles. The van der Waals surface area contributed by atoms with Gasteiger partial charge in [0, 0.05) is 19.5 Å². The zero-order chi connectivity index (χ0) is 19.9. The fourth-order valence-corrected chi connectivity index (χ4v) is 3.23. The van der Waals surface area contributed by atoms with Crippen molar-refractivity contribution < 1.29 is 19.5 Å². The number of amides is 3. The number of carboxylic acid groups (broad SMARTS) is 1.